The number of ketones is 2. The van der Waals surface area contributed by atoms with Crippen LogP contribution in [-0.4, -0.2) is 22.6 Å². The molecule has 0 spiro atoms. The van der Waals surface area contributed by atoms with E-state index >= 15 is 0 Å². The Kier molecular flexibility index (Phi) is 5.03. The summed E-state index contributed by atoms with van der Waals surface area (Å²) in [6.07, 6.45) is 0.633. The van der Waals surface area contributed by atoms with Crippen molar-refractivity contribution in [2.24, 2.45) is 0 Å². The van der Waals surface area contributed by atoms with Gasteiger partial charge in [-0.25, -0.2) is 4.79 Å². The van der Waals surface area contributed by atoms with Crippen LogP contribution in [0.2, 0.25) is 0 Å². The molecular formula is C16H13NO6. The van der Waals surface area contributed by atoms with Gasteiger partial charge in [-0.1, -0.05) is 12.1 Å². The normalized spacial score (nSPS) is 10.1. The van der Waals surface area contributed by atoms with Crippen LogP contribution in [-0.2, 0) is 16.2 Å². The third-order valence-electron chi connectivity index (χ3n) is 3.01. The number of aliphatic carboxylic acids is 1. The molecule has 0 amide bonds. The number of carbonyl (C=O) groups is 3. The number of carboxylic acids is 1. The number of aromatic nitrogens is 1. The highest BCUT2D eigenvalue weighted by Gasteiger charge is 2.18. The SMILES string of the molecule is O=C(O)C(=O)CC(=O)c1cccc(OCc2cccc[n+]2[O-])c1. The van der Waals surface area contributed by atoms with Crippen molar-refractivity contribution in [2.45, 2.75) is 13.0 Å². The molecule has 0 bridgehead atoms. The molecule has 118 valence electrons. The van der Waals surface area contributed by atoms with Gasteiger partial charge in [-0.3, -0.25) is 9.59 Å². The molecule has 1 heterocycles. The Morgan fingerprint density at radius 1 is 1.13 bits per heavy atom. The van der Waals surface area contributed by atoms with Gasteiger partial charge in [0.1, 0.15) is 5.75 Å². The molecule has 0 aliphatic rings. The lowest BCUT2D eigenvalue weighted by molar-refractivity contribution is -0.616. The van der Waals surface area contributed by atoms with Crippen molar-refractivity contribution in [1.82, 2.24) is 0 Å². The molecule has 7 nitrogen and oxygen atoms in total. The van der Waals surface area contributed by atoms with Crippen molar-refractivity contribution >= 4 is 17.5 Å². The second-order valence-electron chi connectivity index (χ2n) is 4.66. The summed E-state index contributed by atoms with van der Waals surface area (Å²) < 4.78 is 6.11. The van der Waals surface area contributed by atoms with Gasteiger partial charge in [-0.15, -0.1) is 0 Å². The molecule has 1 N–H and O–H groups in total. The Morgan fingerprint density at radius 3 is 2.61 bits per heavy atom. The number of pyridine rings is 1. The molecule has 1 aromatic heterocycles. The largest absolute Gasteiger partial charge is 0.618 e. The van der Waals surface area contributed by atoms with Crippen molar-refractivity contribution in [1.29, 1.82) is 0 Å². The molecule has 7 heteroatoms. The lowest BCUT2D eigenvalue weighted by Crippen LogP contribution is -2.31. The van der Waals surface area contributed by atoms with Crippen LogP contribution in [0, 0.1) is 5.21 Å². The van der Waals surface area contributed by atoms with E-state index in [1.54, 1.807) is 30.3 Å². The minimum atomic E-state index is -1.64. The Balaban J connectivity index is 2.05. The smallest absolute Gasteiger partial charge is 0.372 e. The molecule has 0 unspecified atom stereocenters. The highest BCUT2D eigenvalue weighted by molar-refractivity contribution is 6.37. The zero-order valence-electron chi connectivity index (χ0n) is 12.0. The molecule has 0 atom stereocenters. The molecule has 2 aromatic rings. The molecule has 2 rings (SSSR count). The molecule has 0 aliphatic carbocycles. The minimum absolute atomic E-state index is 0.00996. The fourth-order valence-electron chi connectivity index (χ4n) is 1.82. The Bertz CT molecular complexity index is 756. The van der Waals surface area contributed by atoms with Gasteiger partial charge in [0.2, 0.25) is 11.5 Å². The van der Waals surface area contributed by atoms with E-state index in [-0.39, 0.29) is 12.2 Å². The first-order chi connectivity index (χ1) is 11.0. The van der Waals surface area contributed by atoms with Gasteiger partial charge >= 0.3 is 5.97 Å². The standard InChI is InChI=1S/C16H13NO6/c18-14(9-15(19)16(20)21)11-4-3-6-13(8-11)23-10-12-5-1-2-7-17(12)22/h1-8H,9-10H2,(H,20,21). The number of hydrogen-bond donors (Lipinski definition) is 1. The molecule has 1 aromatic carbocycles. The second-order valence-corrected chi connectivity index (χ2v) is 4.66. The summed E-state index contributed by atoms with van der Waals surface area (Å²) in [6, 6.07) is 10.9. The summed E-state index contributed by atoms with van der Waals surface area (Å²) >= 11 is 0. The third-order valence-corrected chi connectivity index (χ3v) is 3.01. The number of rotatable bonds is 7. The first kappa shape index (κ1) is 16.2. The van der Waals surface area contributed by atoms with E-state index in [0.29, 0.717) is 16.2 Å². The maximum atomic E-state index is 11.8. The predicted molar refractivity (Wildman–Crippen MR) is 77.8 cm³/mol. The number of benzene rings is 1. The number of Topliss-reactive ketones (excluding diaryl/α,β-unsaturated/α-hetero) is 2. The fraction of sp³-hybridized carbons (Fsp3) is 0.125. The van der Waals surface area contributed by atoms with Crippen molar-refractivity contribution < 1.29 is 29.0 Å². The minimum Gasteiger partial charge on any atom is -0.618 e. The van der Waals surface area contributed by atoms with Gasteiger partial charge in [0.15, 0.2) is 18.6 Å². The summed E-state index contributed by atoms with van der Waals surface area (Å²) in [7, 11) is 0. The van der Waals surface area contributed by atoms with Crippen LogP contribution in [0.1, 0.15) is 22.5 Å². The predicted octanol–water partition coefficient (Wildman–Crippen LogP) is 1.13. The lowest BCUT2D eigenvalue weighted by Gasteiger charge is -2.08. The lowest BCUT2D eigenvalue weighted by atomic mass is 10.1. The van der Waals surface area contributed by atoms with Crippen LogP contribution in [0.5, 0.6) is 5.75 Å². The first-order valence-electron chi connectivity index (χ1n) is 6.66. The molecule has 0 saturated heterocycles. The van der Waals surface area contributed by atoms with Gasteiger partial charge < -0.3 is 15.1 Å². The van der Waals surface area contributed by atoms with Gasteiger partial charge in [-0.2, -0.15) is 4.73 Å². The van der Waals surface area contributed by atoms with Crippen LogP contribution in [0.15, 0.2) is 48.7 Å². The number of carbonyl (C=O) groups excluding carboxylic acids is 2. The van der Waals surface area contributed by atoms with E-state index in [1.807, 2.05) is 0 Å². The number of carboxylic acid groups (broad SMARTS) is 1. The Hall–Kier alpha value is -3.22. The number of hydrogen-bond acceptors (Lipinski definition) is 5. The van der Waals surface area contributed by atoms with Crippen LogP contribution in [0.4, 0.5) is 0 Å². The molecule has 0 radical (unpaired) electrons. The molecule has 0 saturated carbocycles. The van der Waals surface area contributed by atoms with Crippen LogP contribution >= 0.6 is 0 Å². The highest BCUT2D eigenvalue weighted by atomic mass is 16.5. The average molecular weight is 315 g/mol. The molecule has 0 aliphatic heterocycles. The highest BCUT2D eigenvalue weighted by Crippen LogP contribution is 2.16. The summed E-state index contributed by atoms with van der Waals surface area (Å²) in [5, 5.41) is 20.0. The van der Waals surface area contributed by atoms with E-state index in [9.17, 15) is 19.6 Å². The van der Waals surface area contributed by atoms with Crippen LogP contribution in [0.3, 0.4) is 0 Å². The van der Waals surface area contributed by atoms with E-state index in [0.717, 1.165) is 0 Å². The second kappa shape index (κ2) is 7.17. The topological polar surface area (TPSA) is 108 Å². The van der Waals surface area contributed by atoms with Gasteiger partial charge in [0.05, 0.1) is 6.42 Å². The van der Waals surface area contributed by atoms with Gasteiger partial charge in [-0.05, 0) is 18.2 Å². The van der Waals surface area contributed by atoms with Crippen LogP contribution < -0.4 is 9.47 Å². The quantitative estimate of drug-likeness (QED) is 0.270. The van der Waals surface area contributed by atoms with Crippen molar-refractivity contribution in [3.8, 4) is 5.75 Å². The molecule has 0 fully saturated rings. The number of nitrogens with zero attached hydrogens (tertiary/aromatic N) is 1. The Labute approximate surface area is 131 Å². The zero-order valence-corrected chi connectivity index (χ0v) is 12.0. The van der Waals surface area contributed by atoms with Gasteiger partial charge in [0, 0.05) is 17.7 Å². The van der Waals surface area contributed by atoms with E-state index in [1.165, 1.54) is 18.3 Å². The Morgan fingerprint density at radius 2 is 1.91 bits per heavy atom. The maximum Gasteiger partial charge on any atom is 0.372 e. The van der Waals surface area contributed by atoms with E-state index in [2.05, 4.69) is 0 Å². The summed E-state index contributed by atoms with van der Waals surface area (Å²) in [5.41, 5.74) is 0.561. The molecular weight excluding hydrogens is 302 g/mol. The zero-order chi connectivity index (χ0) is 16.8. The number of ether oxygens (including phenoxy) is 1. The summed E-state index contributed by atoms with van der Waals surface area (Å²) in [5.74, 6) is -3.09. The van der Waals surface area contributed by atoms with Crippen molar-refractivity contribution in [3.05, 3.63) is 65.1 Å². The monoisotopic (exact) mass is 315 g/mol. The van der Waals surface area contributed by atoms with E-state index < -0.39 is 24.0 Å². The summed E-state index contributed by atoms with van der Waals surface area (Å²) in [4.78, 5) is 33.4. The molecule has 23 heavy (non-hydrogen) atoms. The van der Waals surface area contributed by atoms with Crippen molar-refractivity contribution in [2.75, 3.05) is 0 Å². The van der Waals surface area contributed by atoms with E-state index in [4.69, 9.17) is 9.84 Å². The third kappa shape index (κ3) is 4.37. The van der Waals surface area contributed by atoms with Crippen LogP contribution in [0.25, 0.3) is 0 Å². The average Bonchev–Trinajstić information content (AvgIpc) is 2.54. The first-order valence-corrected chi connectivity index (χ1v) is 6.66. The van der Waals surface area contributed by atoms with Crippen molar-refractivity contribution in [3.63, 3.8) is 0 Å². The summed E-state index contributed by atoms with van der Waals surface area (Å²) in [6.45, 7) is 0.00996. The van der Waals surface area contributed by atoms with Gasteiger partial charge in [0.25, 0.3) is 0 Å². The maximum absolute atomic E-state index is 11.8. The fourth-order valence-corrected chi connectivity index (χ4v) is 1.82.